The van der Waals surface area contributed by atoms with Crippen molar-refractivity contribution in [3.8, 4) is 0 Å². The fraction of sp³-hybridized carbons (Fsp3) is 0.500. The highest BCUT2D eigenvalue weighted by Crippen LogP contribution is 2.33. The summed E-state index contributed by atoms with van der Waals surface area (Å²) >= 11 is 1.08. The lowest BCUT2D eigenvalue weighted by atomic mass is 9.93. The fourth-order valence-corrected chi connectivity index (χ4v) is 4.89. The third-order valence-electron chi connectivity index (χ3n) is 5.42. The lowest BCUT2D eigenvalue weighted by Crippen LogP contribution is -2.44. The first-order chi connectivity index (χ1) is 13.7. The minimum Gasteiger partial charge on any atom is -0.303 e. The molecule has 1 fully saturated rings. The van der Waals surface area contributed by atoms with Gasteiger partial charge in [-0.05, 0) is 31.7 Å². The summed E-state index contributed by atoms with van der Waals surface area (Å²) in [6, 6.07) is 1.08. The standard InChI is InChI=1S/C18H19F3N4O3S/c1-10-12(9-24-13(26)5-7-22-24)29-16-14(10)15(27)25(11-3-2-4-11)17(28)23(16)8-6-18(19,20)21/h5,7,11,22H,2-4,6,8-9H2,1H3. The van der Waals surface area contributed by atoms with Crippen LogP contribution in [-0.2, 0) is 13.1 Å². The van der Waals surface area contributed by atoms with Gasteiger partial charge in [0.05, 0.1) is 18.4 Å². The number of aryl methyl sites for hydroxylation is 2. The second-order valence-electron chi connectivity index (χ2n) is 7.28. The van der Waals surface area contributed by atoms with Crippen LogP contribution in [-0.4, -0.2) is 25.1 Å². The molecule has 3 aromatic rings. The molecule has 0 bridgehead atoms. The summed E-state index contributed by atoms with van der Waals surface area (Å²) in [6.45, 7) is 1.30. The van der Waals surface area contributed by atoms with Crippen molar-refractivity contribution in [3.63, 3.8) is 0 Å². The minimum atomic E-state index is -4.42. The van der Waals surface area contributed by atoms with Gasteiger partial charge in [-0.2, -0.15) is 13.2 Å². The van der Waals surface area contributed by atoms with Crippen molar-refractivity contribution in [2.45, 2.75) is 57.9 Å². The first-order valence-electron chi connectivity index (χ1n) is 9.25. The van der Waals surface area contributed by atoms with Crippen LogP contribution < -0.4 is 16.8 Å². The number of halogens is 3. The molecular formula is C18H19F3N4O3S. The zero-order chi connectivity index (χ0) is 20.9. The molecule has 3 aromatic heterocycles. The quantitative estimate of drug-likeness (QED) is 0.679. The van der Waals surface area contributed by atoms with Gasteiger partial charge in [0.15, 0.2) is 0 Å². The summed E-state index contributed by atoms with van der Waals surface area (Å²) in [5.74, 6) is 0. The average molecular weight is 428 g/mol. The number of H-pyrrole nitrogens is 1. The van der Waals surface area contributed by atoms with E-state index < -0.39 is 30.4 Å². The molecule has 0 aromatic carbocycles. The number of hydrogen-bond acceptors (Lipinski definition) is 4. The zero-order valence-electron chi connectivity index (χ0n) is 15.6. The van der Waals surface area contributed by atoms with E-state index in [2.05, 4.69) is 5.10 Å². The van der Waals surface area contributed by atoms with Gasteiger partial charge >= 0.3 is 11.9 Å². The highest BCUT2D eigenvalue weighted by Gasteiger charge is 2.31. The topological polar surface area (TPSA) is 81.8 Å². The number of hydrogen-bond donors (Lipinski definition) is 1. The molecule has 1 aliphatic rings. The van der Waals surface area contributed by atoms with Crippen LogP contribution >= 0.6 is 11.3 Å². The molecule has 1 aliphatic carbocycles. The van der Waals surface area contributed by atoms with E-state index in [4.69, 9.17) is 0 Å². The number of fused-ring (bicyclic) bond motifs is 1. The van der Waals surface area contributed by atoms with E-state index in [1.807, 2.05) is 0 Å². The number of alkyl halides is 3. The van der Waals surface area contributed by atoms with Crippen molar-refractivity contribution in [2.75, 3.05) is 0 Å². The number of nitrogens with zero attached hydrogens (tertiary/aromatic N) is 3. The predicted octanol–water partition coefficient (Wildman–Crippen LogP) is 2.75. The smallest absolute Gasteiger partial charge is 0.303 e. The normalized spacial score (nSPS) is 15.2. The van der Waals surface area contributed by atoms with Crippen LogP contribution in [0.15, 0.2) is 26.6 Å². The van der Waals surface area contributed by atoms with Gasteiger partial charge < -0.3 is 5.10 Å². The van der Waals surface area contributed by atoms with Crippen LogP contribution in [0.25, 0.3) is 10.2 Å². The molecule has 0 unspecified atom stereocenters. The van der Waals surface area contributed by atoms with E-state index in [0.717, 1.165) is 26.9 Å². The first-order valence-corrected chi connectivity index (χ1v) is 10.1. The molecule has 0 amide bonds. The van der Waals surface area contributed by atoms with Crippen molar-refractivity contribution in [1.82, 2.24) is 18.9 Å². The average Bonchev–Trinajstić information content (AvgIpc) is 3.13. The molecule has 0 spiro atoms. The van der Waals surface area contributed by atoms with Gasteiger partial charge in [0, 0.05) is 29.7 Å². The van der Waals surface area contributed by atoms with Gasteiger partial charge in [-0.15, -0.1) is 11.3 Å². The Balaban J connectivity index is 1.92. The van der Waals surface area contributed by atoms with Crippen molar-refractivity contribution >= 4 is 21.6 Å². The van der Waals surface area contributed by atoms with E-state index in [1.165, 1.54) is 16.9 Å². The van der Waals surface area contributed by atoms with E-state index in [9.17, 15) is 27.6 Å². The molecule has 1 N–H and O–H groups in total. The lowest BCUT2D eigenvalue weighted by molar-refractivity contribution is -0.136. The summed E-state index contributed by atoms with van der Waals surface area (Å²) in [6.07, 6.45) is -1.90. The number of aromatic amines is 1. The van der Waals surface area contributed by atoms with E-state index >= 15 is 0 Å². The molecule has 3 heterocycles. The highest BCUT2D eigenvalue weighted by molar-refractivity contribution is 7.18. The van der Waals surface area contributed by atoms with Gasteiger partial charge in [0.2, 0.25) is 0 Å². The molecule has 156 valence electrons. The van der Waals surface area contributed by atoms with Crippen LogP contribution in [0.3, 0.4) is 0 Å². The molecule has 0 atom stereocenters. The van der Waals surface area contributed by atoms with Crippen molar-refractivity contribution in [1.29, 1.82) is 0 Å². The minimum absolute atomic E-state index is 0.146. The van der Waals surface area contributed by atoms with Gasteiger partial charge in [-0.3, -0.25) is 18.7 Å². The molecule has 0 radical (unpaired) electrons. The molecule has 0 saturated heterocycles. The Morgan fingerprint density at radius 1 is 1.24 bits per heavy atom. The van der Waals surface area contributed by atoms with Gasteiger partial charge in [0.25, 0.3) is 11.1 Å². The SMILES string of the molecule is Cc1c(Cn2[nH]ccc2=O)sc2c1c(=O)n(C1CCC1)c(=O)n2CCC(F)(F)F. The monoisotopic (exact) mass is 428 g/mol. The van der Waals surface area contributed by atoms with Crippen LogP contribution in [0.4, 0.5) is 13.2 Å². The van der Waals surface area contributed by atoms with E-state index in [0.29, 0.717) is 23.3 Å². The third kappa shape index (κ3) is 3.47. The van der Waals surface area contributed by atoms with E-state index in [1.54, 1.807) is 6.92 Å². The lowest BCUT2D eigenvalue weighted by Gasteiger charge is -2.27. The van der Waals surface area contributed by atoms with Gasteiger partial charge in [-0.25, -0.2) is 9.48 Å². The molecule has 4 rings (SSSR count). The summed E-state index contributed by atoms with van der Waals surface area (Å²) in [7, 11) is 0. The number of rotatable bonds is 5. The van der Waals surface area contributed by atoms with Crippen LogP contribution in [0.2, 0.25) is 0 Å². The van der Waals surface area contributed by atoms with Crippen LogP contribution in [0.1, 0.15) is 42.2 Å². The third-order valence-corrected chi connectivity index (χ3v) is 6.72. The maximum atomic E-state index is 13.1. The molecule has 0 aliphatic heterocycles. The summed E-state index contributed by atoms with van der Waals surface area (Å²) in [4.78, 5) is 38.8. The van der Waals surface area contributed by atoms with Gasteiger partial charge in [0.1, 0.15) is 4.83 Å². The first kappa shape index (κ1) is 19.7. The molecule has 29 heavy (non-hydrogen) atoms. The Labute approximate surface area is 166 Å². The Morgan fingerprint density at radius 2 is 1.97 bits per heavy atom. The molecular weight excluding hydrogens is 409 g/mol. The van der Waals surface area contributed by atoms with Gasteiger partial charge in [-0.1, -0.05) is 0 Å². The van der Waals surface area contributed by atoms with Crippen molar-refractivity contribution in [3.05, 3.63) is 53.9 Å². The Morgan fingerprint density at radius 3 is 2.52 bits per heavy atom. The Kier molecular flexibility index (Phi) is 4.80. The largest absolute Gasteiger partial charge is 0.390 e. The second-order valence-corrected chi connectivity index (χ2v) is 8.36. The molecule has 7 nitrogen and oxygen atoms in total. The molecule has 1 saturated carbocycles. The highest BCUT2D eigenvalue weighted by atomic mass is 32.1. The summed E-state index contributed by atoms with van der Waals surface area (Å²) < 4.78 is 42.1. The van der Waals surface area contributed by atoms with Crippen LogP contribution in [0.5, 0.6) is 0 Å². The molecule has 11 heteroatoms. The maximum Gasteiger partial charge on any atom is 0.390 e. The second kappa shape index (κ2) is 7.05. The summed E-state index contributed by atoms with van der Waals surface area (Å²) in [5.41, 5.74) is -0.827. The maximum absolute atomic E-state index is 13.1. The fourth-order valence-electron chi connectivity index (χ4n) is 3.58. The number of thiophene rings is 1. The van der Waals surface area contributed by atoms with Crippen molar-refractivity contribution < 1.29 is 13.2 Å². The predicted molar refractivity (Wildman–Crippen MR) is 103 cm³/mol. The van der Waals surface area contributed by atoms with E-state index in [-0.39, 0.29) is 28.4 Å². The Bertz CT molecular complexity index is 1240. The number of aromatic nitrogens is 4. The van der Waals surface area contributed by atoms with Crippen LogP contribution in [0, 0.1) is 6.92 Å². The number of nitrogens with one attached hydrogen (secondary N) is 1. The van der Waals surface area contributed by atoms with Crippen molar-refractivity contribution in [2.24, 2.45) is 0 Å². The zero-order valence-corrected chi connectivity index (χ0v) is 16.4. The Hall–Kier alpha value is -2.56. The summed E-state index contributed by atoms with van der Waals surface area (Å²) in [5, 5.41) is 3.03.